The molecule has 0 bridgehead atoms. The quantitative estimate of drug-likeness (QED) is 0.649. The van der Waals surface area contributed by atoms with Gasteiger partial charge in [0.2, 0.25) is 5.91 Å². The maximum atomic E-state index is 12.9. The van der Waals surface area contributed by atoms with Crippen molar-refractivity contribution in [2.45, 2.75) is 42.1 Å². The predicted molar refractivity (Wildman–Crippen MR) is 102 cm³/mol. The number of rotatable bonds is 4. The fourth-order valence-electron chi connectivity index (χ4n) is 3.48. The summed E-state index contributed by atoms with van der Waals surface area (Å²) in [6.07, 6.45) is -11.2. The molecule has 0 fully saturated rings. The first-order chi connectivity index (χ1) is 14.6. The van der Waals surface area contributed by atoms with E-state index in [9.17, 15) is 44.7 Å². The summed E-state index contributed by atoms with van der Waals surface area (Å²) in [7, 11) is -3.35. The molecule has 0 atom stereocenters. The maximum Gasteiger partial charge on any atom is 0.430 e. The number of sulfone groups is 1. The highest BCUT2D eigenvalue weighted by Crippen LogP contribution is 2.50. The number of hydrogen-bond acceptors (Lipinski definition) is 4. The molecule has 0 saturated heterocycles. The summed E-state index contributed by atoms with van der Waals surface area (Å²) in [5, 5.41) is 11.7. The molecule has 1 aliphatic rings. The van der Waals surface area contributed by atoms with Crippen LogP contribution in [0.4, 0.5) is 32.0 Å². The highest BCUT2D eigenvalue weighted by atomic mass is 32.2. The molecule has 5 nitrogen and oxygen atoms in total. The Morgan fingerprint density at radius 3 is 2.12 bits per heavy atom. The zero-order valence-corrected chi connectivity index (χ0v) is 17.0. The van der Waals surface area contributed by atoms with Crippen molar-refractivity contribution in [2.24, 2.45) is 0 Å². The molecule has 1 heterocycles. The number of nitrogens with one attached hydrogen (secondary N) is 1. The maximum absolute atomic E-state index is 12.9. The van der Waals surface area contributed by atoms with Gasteiger partial charge in [0.1, 0.15) is 0 Å². The molecular formula is C20H17F6NO4S. The van der Waals surface area contributed by atoms with Crippen LogP contribution >= 0.6 is 0 Å². The second-order valence-corrected chi connectivity index (χ2v) is 9.45. The second-order valence-electron chi connectivity index (χ2n) is 7.37. The Balaban J connectivity index is 1.74. The first-order valence-corrected chi connectivity index (χ1v) is 10.9. The van der Waals surface area contributed by atoms with E-state index in [-0.39, 0.29) is 22.8 Å². The fourth-order valence-corrected chi connectivity index (χ4v) is 5.06. The Bertz CT molecular complexity index is 1110. The van der Waals surface area contributed by atoms with Crippen LogP contribution in [0.2, 0.25) is 0 Å². The number of alkyl halides is 6. The molecule has 174 valence electrons. The van der Waals surface area contributed by atoms with Gasteiger partial charge in [-0.1, -0.05) is 24.3 Å². The smallest absolute Gasteiger partial charge is 0.369 e. The number of aryl methyl sites for hydroxylation is 1. The van der Waals surface area contributed by atoms with Gasteiger partial charge in [0, 0.05) is 11.3 Å². The van der Waals surface area contributed by atoms with E-state index in [2.05, 4.69) is 5.32 Å². The number of halogens is 6. The Kier molecular flexibility index (Phi) is 6.07. The van der Waals surface area contributed by atoms with Crippen LogP contribution in [0.1, 0.15) is 23.1 Å². The van der Waals surface area contributed by atoms with Crippen molar-refractivity contribution in [2.75, 3.05) is 11.1 Å². The predicted octanol–water partition coefficient (Wildman–Crippen LogP) is 3.90. The molecule has 12 heteroatoms. The third-order valence-electron chi connectivity index (χ3n) is 5.09. The third kappa shape index (κ3) is 4.46. The Labute approximate surface area is 179 Å². The number of anilines is 1. The lowest BCUT2D eigenvalue weighted by Gasteiger charge is -2.32. The normalized spacial score (nSPS) is 16.3. The minimum Gasteiger partial charge on any atom is -0.369 e. The van der Waals surface area contributed by atoms with Crippen LogP contribution in [0.5, 0.6) is 0 Å². The largest absolute Gasteiger partial charge is 0.430 e. The van der Waals surface area contributed by atoms with Gasteiger partial charge < -0.3 is 10.4 Å². The van der Waals surface area contributed by atoms with Crippen molar-refractivity contribution in [3.63, 3.8) is 0 Å². The summed E-state index contributed by atoms with van der Waals surface area (Å²) in [5.41, 5.74) is -5.48. The molecule has 0 spiro atoms. The highest BCUT2D eigenvalue weighted by Gasteiger charge is 2.71. The van der Waals surface area contributed by atoms with E-state index in [1.165, 1.54) is 12.1 Å². The molecule has 2 N–H and O–H groups in total. The average Bonchev–Trinajstić information content (AvgIpc) is 2.65. The van der Waals surface area contributed by atoms with Gasteiger partial charge in [-0.3, -0.25) is 4.79 Å². The lowest BCUT2D eigenvalue weighted by molar-refractivity contribution is -0.376. The van der Waals surface area contributed by atoms with E-state index in [0.29, 0.717) is 36.1 Å². The van der Waals surface area contributed by atoms with E-state index >= 15 is 0 Å². The van der Waals surface area contributed by atoms with Crippen LogP contribution in [0, 0.1) is 0 Å². The van der Waals surface area contributed by atoms with E-state index in [0.717, 1.165) is 12.1 Å². The zero-order chi connectivity index (χ0) is 23.9. The SMILES string of the molecule is O=C(Cc1ccc2c(c1)CCCS2(=O)=O)Nc1ccc(C(O)(C(F)(F)F)C(F)(F)F)cc1. The second kappa shape index (κ2) is 8.07. The summed E-state index contributed by atoms with van der Waals surface area (Å²) in [4.78, 5) is 12.5. The van der Waals surface area contributed by atoms with Gasteiger partial charge in [0.15, 0.2) is 9.84 Å². The lowest BCUT2D eigenvalue weighted by Crippen LogP contribution is -2.53. The zero-order valence-electron chi connectivity index (χ0n) is 16.2. The molecule has 1 amide bonds. The molecule has 2 aromatic rings. The molecular weight excluding hydrogens is 464 g/mol. The summed E-state index contributed by atoms with van der Waals surface area (Å²) >= 11 is 0. The first-order valence-electron chi connectivity index (χ1n) is 9.26. The minimum absolute atomic E-state index is 0.0492. The molecule has 0 aliphatic carbocycles. The minimum atomic E-state index is -6.00. The van der Waals surface area contributed by atoms with Crippen LogP contribution in [-0.2, 0) is 33.1 Å². The van der Waals surface area contributed by atoms with Gasteiger partial charge in [-0.2, -0.15) is 26.3 Å². The first kappa shape index (κ1) is 24.1. The van der Waals surface area contributed by atoms with Gasteiger partial charge >= 0.3 is 12.4 Å². The summed E-state index contributed by atoms with van der Waals surface area (Å²) in [6.45, 7) is 0. The van der Waals surface area contributed by atoms with Crippen LogP contribution in [0.15, 0.2) is 47.4 Å². The molecule has 1 aliphatic heterocycles. The van der Waals surface area contributed by atoms with Crippen molar-refractivity contribution in [3.8, 4) is 0 Å². The van der Waals surface area contributed by atoms with E-state index < -0.39 is 39.3 Å². The van der Waals surface area contributed by atoms with E-state index in [4.69, 9.17) is 0 Å². The number of benzene rings is 2. The van der Waals surface area contributed by atoms with Crippen molar-refractivity contribution >= 4 is 21.4 Å². The summed E-state index contributed by atoms with van der Waals surface area (Å²) < 4.78 is 102. The van der Waals surface area contributed by atoms with E-state index in [1.54, 1.807) is 6.07 Å². The van der Waals surface area contributed by atoms with Crippen molar-refractivity contribution < 1.29 is 44.7 Å². The van der Waals surface area contributed by atoms with Crippen molar-refractivity contribution in [3.05, 3.63) is 59.2 Å². The standard InChI is InChI=1S/C20H17F6NO4S/c21-19(22,23)18(29,20(24,25)26)14-4-6-15(7-5-14)27-17(28)11-12-3-8-16-13(10-12)2-1-9-32(16,30)31/h3-8,10,29H,1-2,9,11H2,(H,27,28). The van der Waals surface area contributed by atoms with Crippen LogP contribution in [-0.4, -0.2) is 37.5 Å². The fraction of sp³-hybridized carbons (Fsp3) is 0.350. The highest BCUT2D eigenvalue weighted by molar-refractivity contribution is 7.91. The number of aliphatic hydroxyl groups is 1. The molecule has 0 unspecified atom stereocenters. The number of fused-ring (bicyclic) bond motifs is 1. The van der Waals surface area contributed by atoms with Gasteiger partial charge in [-0.25, -0.2) is 8.42 Å². The van der Waals surface area contributed by atoms with Crippen molar-refractivity contribution in [1.29, 1.82) is 0 Å². The lowest BCUT2D eigenvalue weighted by atomic mass is 9.92. The molecule has 0 radical (unpaired) electrons. The number of hydrogen-bond donors (Lipinski definition) is 2. The van der Waals surface area contributed by atoms with Crippen LogP contribution < -0.4 is 5.32 Å². The van der Waals surface area contributed by atoms with Crippen LogP contribution in [0.25, 0.3) is 0 Å². The van der Waals surface area contributed by atoms with Crippen molar-refractivity contribution in [1.82, 2.24) is 0 Å². The average molecular weight is 481 g/mol. The molecule has 0 saturated carbocycles. The monoisotopic (exact) mass is 481 g/mol. The third-order valence-corrected chi connectivity index (χ3v) is 6.99. The van der Waals surface area contributed by atoms with Crippen LogP contribution in [0.3, 0.4) is 0 Å². The van der Waals surface area contributed by atoms with Gasteiger partial charge in [-0.05, 0) is 42.2 Å². The molecule has 32 heavy (non-hydrogen) atoms. The summed E-state index contributed by atoms with van der Waals surface area (Å²) in [6, 6.07) is 6.96. The number of amides is 1. The Morgan fingerprint density at radius 1 is 0.969 bits per heavy atom. The number of carbonyl (C=O) groups excluding carboxylic acids is 1. The Hall–Kier alpha value is -2.60. The Morgan fingerprint density at radius 2 is 1.56 bits per heavy atom. The molecule has 2 aromatic carbocycles. The molecule has 3 rings (SSSR count). The van der Waals surface area contributed by atoms with E-state index in [1.807, 2.05) is 0 Å². The van der Waals surface area contributed by atoms with Gasteiger partial charge in [0.05, 0.1) is 17.1 Å². The van der Waals surface area contributed by atoms with Gasteiger partial charge in [0.25, 0.3) is 5.60 Å². The number of carbonyl (C=O) groups is 1. The van der Waals surface area contributed by atoms with Gasteiger partial charge in [-0.15, -0.1) is 0 Å². The summed E-state index contributed by atoms with van der Waals surface area (Å²) in [5.74, 6) is -0.563. The molecule has 0 aromatic heterocycles. The topological polar surface area (TPSA) is 83.5 Å².